The summed E-state index contributed by atoms with van der Waals surface area (Å²) in [6.45, 7) is 1.96. The highest BCUT2D eigenvalue weighted by molar-refractivity contribution is 5.84. The molecule has 0 radical (unpaired) electrons. The van der Waals surface area contributed by atoms with Crippen LogP contribution in [0.25, 0.3) is 10.9 Å². The largest absolute Gasteiger partial charge is 0.494 e. The summed E-state index contributed by atoms with van der Waals surface area (Å²) in [6.07, 6.45) is 3.60. The first-order chi connectivity index (χ1) is 5.68. The second-order valence-corrected chi connectivity index (χ2v) is 3.01. The average molecular weight is 162 g/mol. The number of rotatable bonds is 0. The molecule has 3 nitrogen and oxygen atoms in total. The van der Waals surface area contributed by atoms with Gasteiger partial charge in [0.2, 0.25) is 0 Å². The highest BCUT2D eigenvalue weighted by atomic mass is 16.3. The molecule has 0 aliphatic heterocycles. The summed E-state index contributed by atoms with van der Waals surface area (Å²) in [7, 11) is 1.80. The van der Waals surface area contributed by atoms with Crippen molar-refractivity contribution >= 4 is 10.9 Å². The van der Waals surface area contributed by atoms with Crippen molar-refractivity contribution in [2.75, 3.05) is 0 Å². The monoisotopic (exact) mass is 162 g/mol. The lowest BCUT2D eigenvalue weighted by atomic mass is 10.2. The SMILES string of the molecule is Cc1cnc2cn(C)c(O)c2c1. The third kappa shape index (κ3) is 0.863. The Kier molecular flexibility index (Phi) is 1.33. The van der Waals surface area contributed by atoms with Crippen LogP contribution in [-0.4, -0.2) is 14.7 Å². The normalized spacial score (nSPS) is 10.8. The summed E-state index contributed by atoms with van der Waals surface area (Å²) >= 11 is 0. The molecule has 2 heterocycles. The molecule has 0 saturated heterocycles. The molecule has 1 N–H and O–H groups in total. The van der Waals surface area contributed by atoms with Gasteiger partial charge >= 0.3 is 0 Å². The molecule has 0 aliphatic rings. The van der Waals surface area contributed by atoms with Crippen molar-refractivity contribution in [1.29, 1.82) is 0 Å². The Morgan fingerprint density at radius 1 is 1.50 bits per heavy atom. The summed E-state index contributed by atoms with van der Waals surface area (Å²) < 4.78 is 1.66. The predicted octanol–water partition coefficient (Wildman–Crippen LogP) is 1.59. The van der Waals surface area contributed by atoms with E-state index < -0.39 is 0 Å². The Morgan fingerprint density at radius 3 is 3.00 bits per heavy atom. The van der Waals surface area contributed by atoms with Crippen LogP contribution in [0.3, 0.4) is 0 Å². The number of hydrogen-bond donors (Lipinski definition) is 1. The molecule has 0 amide bonds. The van der Waals surface area contributed by atoms with Crippen molar-refractivity contribution in [3.05, 3.63) is 24.0 Å². The zero-order chi connectivity index (χ0) is 8.72. The first-order valence-electron chi connectivity index (χ1n) is 3.79. The van der Waals surface area contributed by atoms with Gasteiger partial charge in [0.25, 0.3) is 0 Å². The van der Waals surface area contributed by atoms with Crippen LogP contribution in [0.15, 0.2) is 18.5 Å². The van der Waals surface area contributed by atoms with Crippen LogP contribution in [0.2, 0.25) is 0 Å². The molecule has 2 aromatic rings. The molecule has 0 spiro atoms. The smallest absolute Gasteiger partial charge is 0.200 e. The third-order valence-corrected chi connectivity index (χ3v) is 1.95. The van der Waals surface area contributed by atoms with E-state index in [1.54, 1.807) is 17.8 Å². The molecular formula is C9H10N2O. The van der Waals surface area contributed by atoms with Crippen LogP contribution in [0.5, 0.6) is 5.88 Å². The van der Waals surface area contributed by atoms with E-state index >= 15 is 0 Å². The van der Waals surface area contributed by atoms with Crippen LogP contribution < -0.4 is 0 Å². The first-order valence-corrected chi connectivity index (χ1v) is 3.79. The van der Waals surface area contributed by atoms with Gasteiger partial charge in [-0.1, -0.05) is 0 Å². The molecule has 0 unspecified atom stereocenters. The zero-order valence-corrected chi connectivity index (χ0v) is 7.07. The van der Waals surface area contributed by atoms with E-state index in [1.165, 1.54) is 0 Å². The summed E-state index contributed by atoms with van der Waals surface area (Å²) in [5, 5.41) is 10.4. The number of aromatic nitrogens is 2. The Bertz CT molecular complexity index is 431. The van der Waals surface area contributed by atoms with Crippen LogP contribution in [0, 0.1) is 6.92 Å². The number of aryl methyl sites for hydroxylation is 2. The second-order valence-electron chi connectivity index (χ2n) is 3.01. The standard InChI is InChI=1S/C9H10N2O/c1-6-3-7-8(10-4-6)5-11(2)9(7)12/h3-5,12H,1-2H3. The fourth-order valence-corrected chi connectivity index (χ4v) is 1.30. The van der Waals surface area contributed by atoms with Gasteiger partial charge in [-0.2, -0.15) is 0 Å². The van der Waals surface area contributed by atoms with Gasteiger partial charge in [-0.25, -0.2) is 0 Å². The number of fused-ring (bicyclic) bond motifs is 1. The molecule has 12 heavy (non-hydrogen) atoms. The molecule has 2 aromatic heterocycles. The molecule has 0 fully saturated rings. The van der Waals surface area contributed by atoms with Gasteiger partial charge in [-0.15, -0.1) is 0 Å². The van der Waals surface area contributed by atoms with E-state index in [2.05, 4.69) is 4.98 Å². The van der Waals surface area contributed by atoms with E-state index in [0.717, 1.165) is 16.5 Å². The number of pyridine rings is 1. The summed E-state index contributed by atoms with van der Waals surface area (Å²) in [5.74, 6) is 0.279. The lowest BCUT2D eigenvalue weighted by molar-refractivity contribution is 0.437. The van der Waals surface area contributed by atoms with Crippen molar-refractivity contribution in [3.8, 4) is 5.88 Å². The zero-order valence-electron chi connectivity index (χ0n) is 7.07. The predicted molar refractivity (Wildman–Crippen MR) is 47.1 cm³/mol. The van der Waals surface area contributed by atoms with Gasteiger partial charge in [0, 0.05) is 19.4 Å². The van der Waals surface area contributed by atoms with Crippen molar-refractivity contribution in [1.82, 2.24) is 9.55 Å². The maximum absolute atomic E-state index is 9.55. The average Bonchev–Trinajstić information content (AvgIpc) is 2.31. The second kappa shape index (κ2) is 2.24. The quantitative estimate of drug-likeness (QED) is 0.638. The Morgan fingerprint density at radius 2 is 2.25 bits per heavy atom. The van der Waals surface area contributed by atoms with Crippen molar-refractivity contribution in [2.24, 2.45) is 7.05 Å². The third-order valence-electron chi connectivity index (χ3n) is 1.95. The number of nitrogens with zero attached hydrogens (tertiary/aromatic N) is 2. The highest BCUT2D eigenvalue weighted by Crippen LogP contribution is 2.24. The van der Waals surface area contributed by atoms with Crippen molar-refractivity contribution in [2.45, 2.75) is 6.92 Å². The van der Waals surface area contributed by atoms with E-state index in [-0.39, 0.29) is 5.88 Å². The van der Waals surface area contributed by atoms with Gasteiger partial charge in [-0.3, -0.25) is 4.98 Å². The van der Waals surface area contributed by atoms with Gasteiger partial charge < -0.3 is 9.67 Å². The molecule has 0 bridgehead atoms. The fourth-order valence-electron chi connectivity index (χ4n) is 1.30. The van der Waals surface area contributed by atoms with Gasteiger partial charge in [0.1, 0.15) is 0 Å². The molecule has 0 aromatic carbocycles. The van der Waals surface area contributed by atoms with Crippen molar-refractivity contribution in [3.63, 3.8) is 0 Å². The Hall–Kier alpha value is -1.51. The molecule has 0 atom stereocenters. The molecule has 2 rings (SSSR count). The molecule has 62 valence electrons. The molecule has 3 heteroatoms. The highest BCUT2D eigenvalue weighted by Gasteiger charge is 2.05. The minimum atomic E-state index is 0.279. The van der Waals surface area contributed by atoms with Gasteiger partial charge in [-0.05, 0) is 18.6 Å². The Balaban J connectivity index is 2.88. The van der Waals surface area contributed by atoms with Crippen molar-refractivity contribution < 1.29 is 5.11 Å². The number of hydrogen-bond acceptors (Lipinski definition) is 2. The summed E-state index contributed by atoms with van der Waals surface area (Å²) in [4.78, 5) is 4.18. The van der Waals surface area contributed by atoms with E-state index in [1.807, 2.05) is 19.2 Å². The van der Waals surface area contributed by atoms with E-state index in [0.29, 0.717) is 0 Å². The minimum Gasteiger partial charge on any atom is -0.494 e. The van der Waals surface area contributed by atoms with E-state index in [9.17, 15) is 5.11 Å². The maximum Gasteiger partial charge on any atom is 0.200 e. The Labute approximate surface area is 70.3 Å². The lowest BCUT2D eigenvalue weighted by Crippen LogP contribution is -1.80. The van der Waals surface area contributed by atoms with Crippen LogP contribution in [0.4, 0.5) is 0 Å². The summed E-state index contributed by atoms with van der Waals surface area (Å²) in [5.41, 5.74) is 1.89. The molecular weight excluding hydrogens is 152 g/mol. The van der Waals surface area contributed by atoms with Gasteiger partial charge in [0.05, 0.1) is 10.9 Å². The number of aromatic hydroxyl groups is 1. The van der Waals surface area contributed by atoms with Crippen LogP contribution >= 0.6 is 0 Å². The topological polar surface area (TPSA) is 38.0 Å². The van der Waals surface area contributed by atoms with E-state index in [4.69, 9.17) is 0 Å². The van der Waals surface area contributed by atoms with Gasteiger partial charge in [0.15, 0.2) is 5.88 Å². The molecule has 0 saturated carbocycles. The minimum absolute atomic E-state index is 0.279. The maximum atomic E-state index is 9.55. The fraction of sp³-hybridized carbons (Fsp3) is 0.222. The van der Waals surface area contributed by atoms with Crippen LogP contribution in [-0.2, 0) is 7.05 Å². The summed E-state index contributed by atoms with van der Waals surface area (Å²) in [6, 6.07) is 1.93. The lowest BCUT2D eigenvalue weighted by Gasteiger charge is -1.93. The van der Waals surface area contributed by atoms with Crippen LogP contribution in [0.1, 0.15) is 5.56 Å². The first kappa shape index (κ1) is 7.16. The molecule has 0 aliphatic carbocycles.